The van der Waals surface area contributed by atoms with E-state index in [1.807, 2.05) is 13.0 Å². The van der Waals surface area contributed by atoms with Gasteiger partial charge in [-0.2, -0.15) is 0 Å². The number of carbonyl (C=O) groups is 1. The van der Waals surface area contributed by atoms with Crippen LogP contribution in [0.4, 0.5) is 0 Å². The number of methoxy groups -OCH3 is 2. The highest BCUT2D eigenvalue weighted by Crippen LogP contribution is 2.42. The topological polar surface area (TPSA) is 85.2 Å². The van der Waals surface area contributed by atoms with Crippen molar-refractivity contribution in [2.75, 3.05) is 20.8 Å². The lowest BCUT2D eigenvalue weighted by Gasteiger charge is -2.28. The third-order valence-electron chi connectivity index (χ3n) is 5.21. The Morgan fingerprint density at radius 1 is 1.04 bits per heavy atom. The molecule has 0 aliphatic carbocycles. The third kappa shape index (κ3) is 3.79. The SMILES string of the molecule is COc1cc(CC2C(=O)OCC2(C)Cc2ccc(O)c(OC)c2)ccc1O. The lowest BCUT2D eigenvalue weighted by Crippen LogP contribution is -2.31. The molecule has 0 aromatic heterocycles. The van der Waals surface area contributed by atoms with Crippen LogP contribution in [0, 0.1) is 11.3 Å². The first kappa shape index (κ1) is 18.9. The molecule has 2 unspecified atom stereocenters. The van der Waals surface area contributed by atoms with Crippen molar-refractivity contribution in [2.45, 2.75) is 19.8 Å². The maximum atomic E-state index is 12.4. The molecule has 27 heavy (non-hydrogen) atoms. The molecule has 0 amide bonds. The van der Waals surface area contributed by atoms with Crippen LogP contribution in [0.15, 0.2) is 36.4 Å². The zero-order chi connectivity index (χ0) is 19.6. The summed E-state index contributed by atoms with van der Waals surface area (Å²) in [6, 6.07) is 10.3. The van der Waals surface area contributed by atoms with E-state index in [4.69, 9.17) is 14.2 Å². The minimum absolute atomic E-state index is 0.0641. The number of hydrogen-bond donors (Lipinski definition) is 2. The Bertz CT molecular complexity index is 847. The van der Waals surface area contributed by atoms with E-state index in [2.05, 4.69) is 0 Å². The van der Waals surface area contributed by atoms with E-state index in [-0.39, 0.29) is 23.4 Å². The van der Waals surface area contributed by atoms with E-state index in [9.17, 15) is 15.0 Å². The van der Waals surface area contributed by atoms with Crippen LogP contribution in [0.3, 0.4) is 0 Å². The molecule has 1 fully saturated rings. The Kier molecular flexibility index (Phi) is 5.17. The van der Waals surface area contributed by atoms with Crippen molar-refractivity contribution in [3.05, 3.63) is 47.5 Å². The van der Waals surface area contributed by atoms with Gasteiger partial charge in [0.05, 0.1) is 26.7 Å². The van der Waals surface area contributed by atoms with Gasteiger partial charge in [-0.3, -0.25) is 4.79 Å². The fourth-order valence-corrected chi connectivity index (χ4v) is 3.61. The van der Waals surface area contributed by atoms with Gasteiger partial charge < -0.3 is 24.4 Å². The molecule has 3 rings (SSSR count). The number of aromatic hydroxyl groups is 2. The second-order valence-corrected chi connectivity index (χ2v) is 7.21. The first-order valence-electron chi connectivity index (χ1n) is 8.74. The van der Waals surface area contributed by atoms with Crippen LogP contribution in [0.2, 0.25) is 0 Å². The molecule has 1 heterocycles. The molecule has 2 atom stereocenters. The maximum absolute atomic E-state index is 12.4. The molecule has 0 radical (unpaired) electrons. The van der Waals surface area contributed by atoms with E-state index in [0.717, 1.165) is 11.1 Å². The summed E-state index contributed by atoms with van der Waals surface area (Å²) in [5.74, 6) is 0.374. The van der Waals surface area contributed by atoms with Crippen molar-refractivity contribution in [1.82, 2.24) is 0 Å². The molecule has 1 saturated heterocycles. The highest BCUT2D eigenvalue weighted by atomic mass is 16.5. The van der Waals surface area contributed by atoms with Crippen LogP contribution < -0.4 is 9.47 Å². The Balaban J connectivity index is 1.84. The first-order chi connectivity index (χ1) is 12.9. The quantitative estimate of drug-likeness (QED) is 0.758. The predicted octanol–water partition coefficient (Wildman–Crippen LogP) is 3.08. The van der Waals surface area contributed by atoms with Gasteiger partial charge in [-0.1, -0.05) is 19.1 Å². The normalized spacial score (nSPS) is 21.7. The molecule has 6 heteroatoms. The molecule has 2 N–H and O–H groups in total. The number of ether oxygens (including phenoxy) is 3. The Morgan fingerprint density at radius 3 is 2.19 bits per heavy atom. The van der Waals surface area contributed by atoms with Crippen molar-refractivity contribution in [3.63, 3.8) is 0 Å². The molecular weight excluding hydrogens is 348 g/mol. The average Bonchev–Trinajstić information content (AvgIpc) is 2.93. The number of phenolic OH excluding ortho intramolecular Hbond substituents is 2. The van der Waals surface area contributed by atoms with E-state index in [1.165, 1.54) is 14.2 Å². The Hall–Kier alpha value is -2.89. The van der Waals surface area contributed by atoms with Gasteiger partial charge in [0, 0.05) is 5.41 Å². The van der Waals surface area contributed by atoms with Crippen molar-refractivity contribution in [3.8, 4) is 23.0 Å². The van der Waals surface area contributed by atoms with Crippen LogP contribution in [-0.2, 0) is 22.4 Å². The van der Waals surface area contributed by atoms with E-state index >= 15 is 0 Å². The summed E-state index contributed by atoms with van der Waals surface area (Å²) in [5, 5.41) is 19.6. The van der Waals surface area contributed by atoms with Crippen LogP contribution in [0.1, 0.15) is 18.1 Å². The second-order valence-electron chi connectivity index (χ2n) is 7.21. The number of benzene rings is 2. The monoisotopic (exact) mass is 372 g/mol. The summed E-state index contributed by atoms with van der Waals surface area (Å²) in [6.45, 7) is 2.36. The molecule has 2 aromatic carbocycles. The fraction of sp³-hybridized carbons (Fsp3) is 0.381. The molecule has 0 saturated carbocycles. The Labute approximate surface area is 158 Å². The number of phenols is 2. The standard InChI is InChI=1S/C21H24O6/c1-21(11-14-5-7-17(23)19(10-14)26-3)12-27-20(24)15(21)8-13-4-6-16(22)18(9-13)25-2/h4-7,9-10,15,22-23H,8,11-12H2,1-3H3. The lowest BCUT2D eigenvalue weighted by atomic mass is 9.72. The molecular formula is C21H24O6. The second kappa shape index (κ2) is 7.39. The van der Waals surface area contributed by atoms with Gasteiger partial charge in [-0.05, 0) is 48.2 Å². The average molecular weight is 372 g/mol. The van der Waals surface area contributed by atoms with Gasteiger partial charge >= 0.3 is 5.97 Å². The van der Waals surface area contributed by atoms with E-state index < -0.39 is 5.41 Å². The van der Waals surface area contributed by atoms with Gasteiger partial charge in [0.25, 0.3) is 0 Å². The van der Waals surface area contributed by atoms with Crippen molar-refractivity contribution in [1.29, 1.82) is 0 Å². The summed E-state index contributed by atoms with van der Waals surface area (Å²) >= 11 is 0. The molecule has 2 aromatic rings. The van der Waals surface area contributed by atoms with Gasteiger partial charge in [-0.25, -0.2) is 0 Å². The number of esters is 1. The van der Waals surface area contributed by atoms with Crippen LogP contribution >= 0.6 is 0 Å². The summed E-state index contributed by atoms with van der Waals surface area (Å²) < 4.78 is 15.7. The highest BCUT2D eigenvalue weighted by Gasteiger charge is 2.46. The molecule has 1 aliphatic rings. The number of carbonyl (C=O) groups excluding carboxylic acids is 1. The first-order valence-corrected chi connectivity index (χ1v) is 8.74. The third-order valence-corrected chi connectivity index (χ3v) is 5.21. The van der Waals surface area contributed by atoms with E-state index in [1.54, 1.807) is 30.3 Å². The summed E-state index contributed by atoms with van der Waals surface area (Å²) in [7, 11) is 2.99. The van der Waals surface area contributed by atoms with Crippen molar-refractivity contribution in [2.24, 2.45) is 11.3 Å². The highest BCUT2D eigenvalue weighted by molar-refractivity contribution is 5.76. The molecule has 0 bridgehead atoms. The number of rotatable bonds is 6. The number of cyclic esters (lactones) is 1. The smallest absolute Gasteiger partial charge is 0.309 e. The van der Waals surface area contributed by atoms with Crippen molar-refractivity contribution >= 4 is 5.97 Å². The summed E-state index contributed by atoms with van der Waals surface area (Å²) in [4.78, 5) is 12.4. The zero-order valence-corrected chi connectivity index (χ0v) is 15.7. The van der Waals surface area contributed by atoms with Crippen LogP contribution in [0.5, 0.6) is 23.0 Å². The summed E-state index contributed by atoms with van der Waals surface area (Å²) in [5.41, 5.74) is 1.45. The zero-order valence-electron chi connectivity index (χ0n) is 15.7. The van der Waals surface area contributed by atoms with Crippen LogP contribution in [0.25, 0.3) is 0 Å². The van der Waals surface area contributed by atoms with Gasteiger partial charge in [-0.15, -0.1) is 0 Å². The van der Waals surface area contributed by atoms with E-state index in [0.29, 0.717) is 30.9 Å². The molecule has 144 valence electrons. The Morgan fingerprint density at radius 2 is 1.59 bits per heavy atom. The lowest BCUT2D eigenvalue weighted by molar-refractivity contribution is -0.141. The van der Waals surface area contributed by atoms with Gasteiger partial charge in [0.2, 0.25) is 0 Å². The maximum Gasteiger partial charge on any atom is 0.309 e. The fourth-order valence-electron chi connectivity index (χ4n) is 3.61. The minimum atomic E-state index is -0.399. The van der Waals surface area contributed by atoms with Crippen molar-refractivity contribution < 1.29 is 29.2 Å². The predicted molar refractivity (Wildman–Crippen MR) is 99.3 cm³/mol. The largest absolute Gasteiger partial charge is 0.504 e. The molecule has 0 spiro atoms. The minimum Gasteiger partial charge on any atom is -0.504 e. The number of hydrogen-bond acceptors (Lipinski definition) is 6. The molecule has 1 aliphatic heterocycles. The molecule has 6 nitrogen and oxygen atoms in total. The van der Waals surface area contributed by atoms with Gasteiger partial charge in [0.1, 0.15) is 0 Å². The van der Waals surface area contributed by atoms with Gasteiger partial charge in [0.15, 0.2) is 23.0 Å². The van der Waals surface area contributed by atoms with Crippen LogP contribution in [-0.4, -0.2) is 37.0 Å². The summed E-state index contributed by atoms with van der Waals surface area (Å²) in [6.07, 6.45) is 1.09.